The maximum Gasteiger partial charge on any atom is 0.0896 e. The van der Waals surface area contributed by atoms with Gasteiger partial charge in [0.15, 0.2) is 0 Å². The second-order valence-corrected chi connectivity index (χ2v) is 15.4. The molecule has 6 fully saturated rings. The Hall–Kier alpha value is -0.0800. The third-order valence-corrected chi connectivity index (χ3v) is 13.8. The van der Waals surface area contributed by atoms with E-state index in [1.165, 1.54) is 80.1 Å². The Morgan fingerprint density at radius 3 is 1.88 bits per heavy atom. The van der Waals surface area contributed by atoms with Gasteiger partial charge >= 0.3 is 0 Å². The summed E-state index contributed by atoms with van der Waals surface area (Å²) < 4.78 is 2.86. The summed E-state index contributed by atoms with van der Waals surface area (Å²) in [6, 6.07) is 1.94. The Morgan fingerprint density at radius 2 is 1.21 bits per heavy atom. The molecule has 2 heteroatoms. The summed E-state index contributed by atoms with van der Waals surface area (Å²) in [6.45, 7) is 11.5. The summed E-state index contributed by atoms with van der Waals surface area (Å²) in [5.41, 5.74) is 1.31. The minimum absolute atomic E-state index is 0.646. The van der Waals surface area contributed by atoms with Gasteiger partial charge in [-0.15, -0.1) is 0 Å². The summed E-state index contributed by atoms with van der Waals surface area (Å²) in [7, 11) is 5.30. The van der Waals surface area contributed by atoms with E-state index in [9.17, 15) is 0 Å². The van der Waals surface area contributed by atoms with Crippen LogP contribution in [0.15, 0.2) is 0 Å². The Bertz CT molecular complexity index is 718. The van der Waals surface area contributed by atoms with Crippen molar-refractivity contribution in [3.8, 4) is 0 Å². The lowest BCUT2D eigenvalue weighted by Crippen LogP contribution is -2.61. The van der Waals surface area contributed by atoms with Crippen molar-refractivity contribution in [2.24, 2.45) is 34.5 Å². The molecule has 0 spiro atoms. The van der Waals surface area contributed by atoms with Crippen LogP contribution in [0.1, 0.15) is 110 Å². The van der Waals surface area contributed by atoms with E-state index in [2.05, 4.69) is 27.9 Å². The fourth-order valence-corrected chi connectivity index (χ4v) is 11.6. The van der Waals surface area contributed by atoms with Gasteiger partial charge in [0.1, 0.15) is 0 Å². The van der Waals surface area contributed by atoms with E-state index in [-0.39, 0.29) is 0 Å². The molecule has 0 aromatic carbocycles. The zero-order valence-corrected chi connectivity index (χ0v) is 22.8. The second-order valence-electron chi connectivity index (χ2n) is 15.4. The molecule has 2 aliphatic heterocycles. The molecule has 0 N–H and O–H groups in total. The molecular weight excluding hydrogens is 400 g/mol. The Morgan fingerprint density at radius 1 is 0.606 bits per heavy atom. The first-order valence-electron chi connectivity index (χ1n) is 15.4. The topological polar surface area (TPSA) is 0 Å². The number of nitrogens with zero attached hydrogens (tertiary/aromatic N) is 2. The molecule has 8 atom stereocenters. The molecule has 6 rings (SSSR count). The second kappa shape index (κ2) is 8.22. The maximum absolute atomic E-state index is 2.82. The lowest BCUT2D eigenvalue weighted by Gasteiger charge is -2.62. The molecule has 2 saturated heterocycles. The van der Waals surface area contributed by atoms with Crippen LogP contribution >= 0.6 is 0 Å². The van der Waals surface area contributed by atoms with Gasteiger partial charge in [-0.3, -0.25) is 0 Å². The van der Waals surface area contributed by atoms with Gasteiger partial charge < -0.3 is 8.97 Å². The van der Waals surface area contributed by atoms with Crippen LogP contribution in [0.2, 0.25) is 0 Å². The van der Waals surface area contributed by atoms with E-state index in [0.29, 0.717) is 10.8 Å². The molecule has 0 aromatic heterocycles. The summed E-state index contributed by atoms with van der Waals surface area (Å²) in [4.78, 5) is 0. The molecule has 2 nitrogen and oxygen atoms in total. The predicted molar refractivity (Wildman–Crippen MR) is 139 cm³/mol. The van der Waals surface area contributed by atoms with Gasteiger partial charge in [-0.05, 0) is 112 Å². The van der Waals surface area contributed by atoms with Gasteiger partial charge in [-0.25, -0.2) is 0 Å². The highest BCUT2D eigenvalue weighted by molar-refractivity contribution is 5.09. The number of rotatable bonds is 2. The standard InChI is InChI=1S/C31H56N2/c1-30-16-15-28-27(29(30)21-26(22-30)33(4)19-9-6-10-20-33)14-12-24-11-13-25(23-31(24,28)2)32(3)17-7-5-8-18-32/h24-29H,5-23H2,1-4H3/q+2/t24-,25-,26+,27-,28+,29+,30-,31+/m1/s1. The van der Waals surface area contributed by atoms with Gasteiger partial charge in [0.05, 0.1) is 52.4 Å². The molecule has 4 aliphatic carbocycles. The highest BCUT2D eigenvalue weighted by atomic mass is 15.4. The number of quaternary nitrogens is 2. The van der Waals surface area contributed by atoms with Crippen molar-refractivity contribution in [2.75, 3.05) is 40.3 Å². The molecule has 6 aliphatic rings. The normalized spacial score (nSPS) is 51.3. The first-order valence-corrected chi connectivity index (χ1v) is 15.4. The van der Waals surface area contributed by atoms with Crippen molar-refractivity contribution in [3.05, 3.63) is 0 Å². The molecule has 4 saturated carbocycles. The first kappa shape index (κ1) is 23.3. The highest BCUT2D eigenvalue weighted by Gasteiger charge is 2.62. The van der Waals surface area contributed by atoms with Crippen LogP contribution in [0.4, 0.5) is 0 Å². The lowest BCUT2D eigenvalue weighted by atomic mass is 9.45. The molecule has 0 radical (unpaired) electrons. The number of hydrogen-bond donors (Lipinski definition) is 0. The number of fused-ring (bicyclic) bond motifs is 5. The summed E-state index contributed by atoms with van der Waals surface area (Å²) >= 11 is 0. The third kappa shape index (κ3) is 3.70. The van der Waals surface area contributed by atoms with Gasteiger partial charge in [0, 0.05) is 19.3 Å². The van der Waals surface area contributed by atoms with Crippen LogP contribution in [-0.2, 0) is 0 Å². The van der Waals surface area contributed by atoms with Crippen molar-refractivity contribution < 1.29 is 8.97 Å². The molecule has 0 bridgehead atoms. The van der Waals surface area contributed by atoms with E-state index in [0.717, 1.165) is 35.8 Å². The van der Waals surface area contributed by atoms with Crippen molar-refractivity contribution in [1.82, 2.24) is 0 Å². The number of piperidine rings is 2. The SMILES string of the molecule is C[C@]12CC[C@H]3[C@@H](CC[C@H]4CC[C@@H]([N+]5(C)CCCCC5)C[C@@]43C)[C@@H]1C[C@H]([N+]1(C)CCCCC1)C2. The largest absolute Gasteiger partial charge is 0.324 e. The van der Waals surface area contributed by atoms with E-state index in [1.54, 1.807) is 51.4 Å². The maximum atomic E-state index is 2.82. The molecule has 188 valence electrons. The molecule has 0 amide bonds. The van der Waals surface area contributed by atoms with Gasteiger partial charge in [0.25, 0.3) is 0 Å². The highest BCUT2D eigenvalue weighted by Crippen LogP contribution is 2.67. The third-order valence-electron chi connectivity index (χ3n) is 13.8. The quantitative estimate of drug-likeness (QED) is 0.391. The van der Waals surface area contributed by atoms with E-state index in [1.807, 2.05) is 0 Å². The van der Waals surface area contributed by atoms with Crippen molar-refractivity contribution >= 4 is 0 Å². The van der Waals surface area contributed by atoms with Crippen molar-refractivity contribution in [3.63, 3.8) is 0 Å². The van der Waals surface area contributed by atoms with Crippen LogP contribution < -0.4 is 0 Å². The average Bonchev–Trinajstić information content (AvgIpc) is 3.18. The van der Waals surface area contributed by atoms with E-state index >= 15 is 0 Å². The minimum atomic E-state index is 0.646. The lowest BCUT2D eigenvalue weighted by molar-refractivity contribution is -0.940. The zero-order valence-electron chi connectivity index (χ0n) is 22.8. The monoisotopic (exact) mass is 456 g/mol. The predicted octanol–water partition coefficient (Wildman–Crippen LogP) is 7.03. The summed E-state index contributed by atoms with van der Waals surface area (Å²) in [5.74, 6) is 4.17. The molecule has 0 unspecified atom stereocenters. The van der Waals surface area contributed by atoms with E-state index < -0.39 is 0 Å². The zero-order chi connectivity index (χ0) is 22.9. The molecule has 0 aromatic rings. The van der Waals surface area contributed by atoms with Crippen LogP contribution in [0.5, 0.6) is 0 Å². The van der Waals surface area contributed by atoms with Crippen LogP contribution in [0.3, 0.4) is 0 Å². The average molecular weight is 457 g/mol. The minimum Gasteiger partial charge on any atom is -0.324 e. The number of likely N-dealkylation sites (tertiary alicyclic amines) is 2. The fourth-order valence-electron chi connectivity index (χ4n) is 11.6. The van der Waals surface area contributed by atoms with Crippen LogP contribution in [0, 0.1) is 34.5 Å². The first-order chi connectivity index (χ1) is 15.8. The summed E-state index contributed by atoms with van der Waals surface area (Å²) in [5, 5.41) is 0. The Labute approximate surface area is 206 Å². The van der Waals surface area contributed by atoms with Crippen LogP contribution in [0.25, 0.3) is 0 Å². The Kier molecular flexibility index (Phi) is 5.81. The van der Waals surface area contributed by atoms with Crippen LogP contribution in [-0.4, -0.2) is 61.3 Å². The van der Waals surface area contributed by atoms with Crippen molar-refractivity contribution in [1.29, 1.82) is 0 Å². The smallest absolute Gasteiger partial charge is 0.0896 e. The molecule has 2 heterocycles. The van der Waals surface area contributed by atoms with Gasteiger partial charge in [-0.1, -0.05) is 13.8 Å². The Balaban J connectivity index is 1.23. The fraction of sp³-hybridized carbons (Fsp3) is 1.00. The summed E-state index contributed by atoms with van der Waals surface area (Å²) in [6.07, 6.45) is 23.0. The number of hydrogen-bond acceptors (Lipinski definition) is 0. The van der Waals surface area contributed by atoms with E-state index in [4.69, 9.17) is 0 Å². The molecule has 33 heavy (non-hydrogen) atoms. The molecular formula is C31H56N2+2. The van der Waals surface area contributed by atoms with Gasteiger partial charge in [0.2, 0.25) is 0 Å². The van der Waals surface area contributed by atoms with Crippen molar-refractivity contribution in [2.45, 2.75) is 122 Å². The van der Waals surface area contributed by atoms with Gasteiger partial charge in [-0.2, -0.15) is 0 Å².